The highest BCUT2D eigenvalue weighted by Crippen LogP contribution is 2.18. The van der Waals surface area contributed by atoms with Gasteiger partial charge in [-0.2, -0.15) is 0 Å². The number of carboxylic acids is 3. The Morgan fingerprint density at radius 2 is 1.26 bits per heavy atom. The smallest absolute Gasteiger partial charge is 0.339 e. The van der Waals surface area contributed by atoms with Gasteiger partial charge in [0.2, 0.25) is 5.91 Å². The van der Waals surface area contributed by atoms with Crippen molar-refractivity contribution in [3.63, 3.8) is 0 Å². The van der Waals surface area contributed by atoms with E-state index in [1.165, 1.54) is 31.2 Å². The van der Waals surface area contributed by atoms with Crippen LogP contribution in [0, 0.1) is 6.92 Å². The molecular formula is C35H32N2O10. The molecule has 4 aromatic rings. The lowest BCUT2D eigenvalue weighted by atomic mass is 10.1. The first-order chi connectivity index (χ1) is 22.3. The third-order valence-corrected chi connectivity index (χ3v) is 6.03. The number of anilines is 1. The van der Waals surface area contributed by atoms with E-state index < -0.39 is 23.8 Å². The van der Waals surface area contributed by atoms with E-state index in [2.05, 4.69) is 10.6 Å². The molecule has 2 amide bonds. The fraction of sp³-hybridized carbons (Fsp3) is 0.0857. The predicted molar refractivity (Wildman–Crippen MR) is 173 cm³/mol. The molecule has 0 aromatic heterocycles. The highest BCUT2D eigenvalue weighted by Gasteiger charge is 2.15. The number of benzene rings is 4. The number of ketones is 1. The first-order valence-electron chi connectivity index (χ1n) is 13.8. The zero-order valence-electron chi connectivity index (χ0n) is 25.3. The molecular weight excluding hydrogens is 608 g/mol. The van der Waals surface area contributed by atoms with Crippen LogP contribution in [0.1, 0.15) is 59.5 Å². The van der Waals surface area contributed by atoms with Crippen molar-refractivity contribution in [3.05, 3.63) is 143 Å². The van der Waals surface area contributed by atoms with Crippen LogP contribution in [0.5, 0.6) is 5.75 Å². The molecule has 0 saturated heterocycles. The first-order valence-corrected chi connectivity index (χ1v) is 13.8. The van der Waals surface area contributed by atoms with Crippen molar-refractivity contribution in [1.29, 1.82) is 0 Å². The van der Waals surface area contributed by atoms with E-state index in [4.69, 9.17) is 20.4 Å². The second-order valence-corrected chi connectivity index (χ2v) is 9.64. The van der Waals surface area contributed by atoms with E-state index in [0.717, 1.165) is 29.3 Å². The lowest BCUT2D eigenvalue weighted by Gasteiger charge is -2.07. The summed E-state index contributed by atoms with van der Waals surface area (Å²) >= 11 is 0. The second kappa shape index (κ2) is 18.3. The Balaban J connectivity index is 0.000000250. The fourth-order valence-electron chi connectivity index (χ4n) is 3.64. The van der Waals surface area contributed by atoms with Crippen molar-refractivity contribution in [2.45, 2.75) is 20.4 Å². The standard InChI is InChI=1S/C15H13NO3.C11H11NO3.C9H8O4/c17-14(16-10-11-6-2-1-3-7-11)12-8-4-5-9-13(12)15(18)19;1-8-2-4-9(5-3-8)12-10(13)6-7-11(14)15;1-5(10)6-2-3-8(11)7(4-6)9(12)13/h1-9H,10H2,(H,16,17)(H,18,19);2-7H,1H3,(H,12,13)(H,14,15);2-4,11H,1H3,(H,12,13). The average molecular weight is 641 g/mol. The van der Waals surface area contributed by atoms with Gasteiger partial charge in [0.05, 0.1) is 11.1 Å². The van der Waals surface area contributed by atoms with Gasteiger partial charge in [-0.25, -0.2) is 14.4 Å². The number of nitrogens with one attached hydrogen (secondary N) is 2. The molecule has 0 heterocycles. The number of carbonyl (C=O) groups excluding carboxylic acids is 3. The molecule has 0 saturated carbocycles. The van der Waals surface area contributed by atoms with E-state index in [1.807, 2.05) is 49.4 Å². The van der Waals surface area contributed by atoms with Crippen LogP contribution in [0.4, 0.5) is 5.69 Å². The molecule has 4 rings (SSSR count). The topological polar surface area (TPSA) is 207 Å². The Morgan fingerprint density at radius 1 is 0.681 bits per heavy atom. The summed E-state index contributed by atoms with van der Waals surface area (Å²) in [6, 6.07) is 26.5. The summed E-state index contributed by atoms with van der Waals surface area (Å²) in [4.78, 5) is 65.6. The number of amides is 2. The van der Waals surface area contributed by atoms with Crippen LogP contribution in [0.15, 0.2) is 109 Å². The van der Waals surface area contributed by atoms with E-state index >= 15 is 0 Å². The number of aromatic carboxylic acids is 2. The summed E-state index contributed by atoms with van der Waals surface area (Å²) < 4.78 is 0. The molecule has 0 spiro atoms. The zero-order chi connectivity index (χ0) is 34.9. The predicted octanol–water partition coefficient (Wildman–Crippen LogP) is 5.18. The van der Waals surface area contributed by atoms with Gasteiger partial charge in [-0.1, -0.05) is 60.2 Å². The molecule has 242 valence electrons. The van der Waals surface area contributed by atoms with Crippen molar-refractivity contribution in [3.8, 4) is 5.75 Å². The number of hydrogen-bond donors (Lipinski definition) is 6. The summed E-state index contributed by atoms with van der Waals surface area (Å²) in [5, 5.41) is 40.3. The molecule has 0 atom stereocenters. The molecule has 0 aliphatic carbocycles. The van der Waals surface area contributed by atoms with E-state index in [1.54, 1.807) is 24.3 Å². The minimum atomic E-state index is -1.25. The second-order valence-electron chi connectivity index (χ2n) is 9.64. The highest BCUT2D eigenvalue weighted by atomic mass is 16.4. The minimum Gasteiger partial charge on any atom is -0.507 e. The SMILES string of the molecule is CC(=O)c1ccc(O)c(C(=O)O)c1.Cc1ccc(NC(=O)C=CC(=O)O)cc1.O=C(O)c1ccccc1C(=O)NCc1ccccc1. The summed E-state index contributed by atoms with van der Waals surface area (Å²) in [5.74, 6) is -4.91. The van der Waals surface area contributed by atoms with Crippen molar-refractivity contribution in [2.24, 2.45) is 0 Å². The van der Waals surface area contributed by atoms with Gasteiger partial charge in [0.15, 0.2) is 5.78 Å². The summed E-state index contributed by atoms with van der Waals surface area (Å²) in [6.45, 7) is 3.64. The number of rotatable bonds is 9. The Labute approximate surface area is 269 Å². The van der Waals surface area contributed by atoms with Crippen LogP contribution in [0.25, 0.3) is 0 Å². The number of carboxylic acid groups (broad SMARTS) is 3. The van der Waals surface area contributed by atoms with Crippen LogP contribution in [-0.4, -0.2) is 55.9 Å². The number of Topliss-reactive ketones (excluding diaryl/α,β-unsaturated/α-hetero) is 1. The minimum absolute atomic E-state index is 0.00746. The summed E-state index contributed by atoms with van der Waals surface area (Å²) in [6.07, 6.45) is 1.77. The number of aliphatic carboxylic acids is 1. The molecule has 47 heavy (non-hydrogen) atoms. The number of phenols is 1. The van der Waals surface area contributed by atoms with Crippen molar-refractivity contribution >= 4 is 41.2 Å². The third-order valence-electron chi connectivity index (χ3n) is 6.03. The molecule has 0 bridgehead atoms. The van der Waals surface area contributed by atoms with E-state index in [0.29, 0.717) is 12.2 Å². The normalized spacial score (nSPS) is 9.91. The quantitative estimate of drug-likeness (QED) is 0.104. The Bertz CT molecular complexity index is 1770. The van der Waals surface area contributed by atoms with Gasteiger partial charge in [-0.05, 0) is 61.9 Å². The largest absolute Gasteiger partial charge is 0.507 e. The Kier molecular flexibility index (Phi) is 14.3. The van der Waals surface area contributed by atoms with Gasteiger partial charge in [0.25, 0.3) is 5.91 Å². The third kappa shape index (κ3) is 12.9. The Morgan fingerprint density at radius 3 is 1.81 bits per heavy atom. The molecule has 0 unspecified atom stereocenters. The van der Waals surface area contributed by atoms with Gasteiger partial charge in [-0.15, -0.1) is 0 Å². The van der Waals surface area contributed by atoms with Gasteiger partial charge in [-0.3, -0.25) is 14.4 Å². The molecule has 0 radical (unpaired) electrons. The van der Waals surface area contributed by atoms with Crippen LogP contribution in [0.2, 0.25) is 0 Å². The molecule has 0 fully saturated rings. The monoisotopic (exact) mass is 640 g/mol. The summed E-state index contributed by atoms with van der Waals surface area (Å²) in [7, 11) is 0. The van der Waals surface area contributed by atoms with Crippen molar-refractivity contribution in [1.82, 2.24) is 5.32 Å². The average Bonchev–Trinajstić information content (AvgIpc) is 3.04. The fourth-order valence-corrected chi connectivity index (χ4v) is 3.64. The summed E-state index contributed by atoms with van der Waals surface area (Å²) in [5.41, 5.74) is 2.89. The molecule has 4 aromatic carbocycles. The number of carbonyl (C=O) groups is 6. The molecule has 6 N–H and O–H groups in total. The maximum Gasteiger partial charge on any atom is 0.339 e. The van der Waals surface area contributed by atoms with E-state index in [9.17, 15) is 28.8 Å². The Hall–Kier alpha value is -6.56. The van der Waals surface area contributed by atoms with Gasteiger partial charge in [0.1, 0.15) is 11.3 Å². The van der Waals surface area contributed by atoms with Crippen LogP contribution < -0.4 is 10.6 Å². The van der Waals surface area contributed by atoms with Crippen LogP contribution in [-0.2, 0) is 16.1 Å². The maximum absolute atomic E-state index is 12.0. The zero-order valence-corrected chi connectivity index (χ0v) is 25.3. The molecule has 0 aliphatic heterocycles. The number of aromatic hydroxyl groups is 1. The van der Waals surface area contributed by atoms with Gasteiger partial charge < -0.3 is 31.1 Å². The molecule has 0 aliphatic rings. The van der Waals surface area contributed by atoms with Gasteiger partial charge in [0, 0.05) is 29.9 Å². The molecule has 12 heteroatoms. The maximum atomic E-state index is 12.0. The highest BCUT2D eigenvalue weighted by molar-refractivity contribution is 6.05. The van der Waals surface area contributed by atoms with E-state index in [-0.39, 0.29) is 39.7 Å². The molecule has 12 nitrogen and oxygen atoms in total. The van der Waals surface area contributed by atoms with Crippen LogP contribution in [0.3, 0.4) is 0 Å². The first kappa shape index (κ1) is 36.6. The number of hydrogen-bond acceptors (Lipinski definition) is 7. The number of aryl methyl sites for hydroxylation is 1. The lowest BCUT2D eigenvalue weighted by Crippen LogP contribution is -2.24. The van der Waals surface area contributed by atoms with Crippen molar-refractivity contribution < 1.29 is 49.2 Å². The van der Waals surface area contributed by atoms with Gasteiger partial charge >= 0.3 is 17.9 Å². The van der Waals surface area contributed by atoms with Crippen LogP contribution >= 0.6 is 0 Å². The van der Waals surface area contributed by atoms with Crippen molar-refractivity contribution in [2.75, 3.05) is 5.32 Å². The lowest BCUT2D eigenvalue weighted by molar-refractivity contribution is -0.131.